The minimum atomic E-state index is -1.48. The summed E-state index contributed by atoms with van der Waals surface area (Å²) in [5.74, 6) is -1.71. The molecule has 1 unspecified atom stereocenters. The monoisotopic (exact) mass is 301 g/mol. The van der Waals surface area contributed by atoms with Crippen LogP contribution in [-0.4, -0.2) is 44.5 Å². The van der Waals surface area contributed by atoms with E-state index in [0.717, 1.165) is 0 Å². The Morgan fingerprint density at radius 2 is 2.20 bits per heavy atom. The van der Waals surface area contributed by atoms with E-state index in [9.17, 15) is 9.59 Å². The number of halogens is 1. The van der Waals surface area contributed by atoms with Crippen LogP contribution in [0.2, 0.25) is 5.15 Å². The SMILES string of the molecule is Cc1nn(C)c(Cl)c1/C=C/C(=O)NCCC(O)C(=O)O. The van der Waals surface area contributed by atoms with E-state index in [2.05, 4.69) is 10.4 Å². The summed E-state index contributed by atoms with van der Waals surface area (Å²) in [6, 6.07) is 0. The van der Waals surface area contributed by atoms with Gasteiger partial charge in [0.2, 0.25) is 5.91 Å². The summed E-state index contributed by atoms with van der Waals surface area (Å²) < 4.78 is 1.50. The van der Waals surface area contributed by atoms with Crippen molar-refractivity contribution < 1.29 is 19.8 Å². The van der Waals surface area contributed by atoms with Crippen LogP contribution in [0.15, 0.2) is 6.08 Å². The van der Waals surface area contributed by atoms with Gasteiger partial charge in [-0.25, -0.2) is 4.79 Å². The molecule has 0 saturated heterocycles. The van der Waals surface area contributed by atoms with Gasteiger partial charge < -0.3 is 15.5 Å². The first kappa shape index (κ1) is 16.2. The Bertz CT molecular complexity index is 539. The maximum Gasteiger partial charge on any atom is 0.332 e. The molecule has 110 valence electrons. The fraction of sp³-hybridized carbons (Fsp3) is 0.417. The molecule has 1 aromatic rings. The van der Waals surface area contributed by atoms with Gasteiger partial charge >= 0.3 is 5.97 Å². The molecule has 20 heavy (non-hydrogen) atoms. The molecule has 1 amide bonds. The number of hydrogen-bond donors (Lipinski definition) is 3. The van der Waals surface area contributed by atoms with Crippen molar-refractivity contribution in [3.63, 3.8) is 0 Å². The van der Waals surface area contributed by atoms with Crippen LogP contribution in [0.5, 0.6) is 0 Å². The number of nitrogens with zero attached hydrogens (tertiary/aromatic N) is 2. The third-order valence-corrected chi connectivity index (χ3v) is 3.05. The van der Waals surface area contributed by atoms with Crippen LogP contribution in [0.1, 0.15) is 17.7 Å². The summed E-state index contributed by atoms with van der Waals surface area (Å²) in [6.45, 7) is 1.84. The number of aromatic nitrogens is 2. The molecular weight excluding hydrogens is 286 g/mol. The zero-order valence-corrected chi connectivity index (χ0v) is 11.9. The summed E-state index contributed by atoms with van der Waals surface area (Å²) in [5.41, 5.74) is 1.35. The third-order valence-electron chi connectivity index (χ3n) is 2.60. The maximum atomic E-state index is 11.5. The molecule has 0 saturated carbocycles. The number of amides is 1. The number of carbonyl (C=O) groups excluding carboxylic acids is 1. The van der Waals surface area contributed by atoms with Gasteiger partial charge in [-0.1, -0.05) is 11.6 Å². The normalized spacial score (nSPS) is 12.6. The van der Waals surface area contributed by atoms with Crippen molar-refractivity contribution in [2.75, 3.05) is 6.54 Å². The summed E-state index contributed by atoms with van der Waals surface area (Å²) >= 11 is 6.00. The first-order valence-corrected chi connectivity index (χ1v) is 6.26. The standard InChI is InChI=1S/C12H16ClN3O4/c1-7-8(11(13)16(2)15-7)3-4-10(18)14-6-5-9(17)12(19)20/h3-4,9,17H,5-6H2,1-2H3,(H,14,18)(H,19,20)/b4-3+. The van der Waals surface area contributed by atoms with E-state index in [4.69, 9.17) is 21.8 Å². The fourth-order valence-electron chi connectivity index (χ4n) is 1.51. The van der Waals surface area contributed by atoms with Crippen LogP contribution in [0.4, 0.5) is 0 Å². The number of aliphatic hydroxyl groups is 1. The second kappa shape index (κ2) is 7.06. The van der Waals surface area contributed by atoms with Gasteiger partial charge in [0.1, 0.15) is 5.15 Å². The minimum absolute atomic E-state index is 0.0540. The number of aliphatic carboxylic acids is 1. The van der Waals surface area contributed by atoms with Crippen LogP contribution in [0.3, 0.4) is 0 Å². The summed E-state index contributed by atoms with van der Waals surface area (Å²) in [6.07, 6.45) is 1.28. The molecule has 0 radical (unpaired) electrons. The highest BCUT2D eigenvalue weighted by Gasteiger charge is 2.12. The number of aliphatic hydroxyl groups excluding tert-OH is 1. The number of nitrogens with one attached hydrogen (secondary N) is 1. The van der Waals surface area contributed by atoms with Gasteiger partial charge in [0.25, 0.3) is 0 Å². The van der Waals surface area contributed by atoms with Crippen LogP contribution in [-0.2, 0) is 16.6 Å². The van der Waals surface area contributed by atoms with Crippen LogP contribution in [0.25, 0.3) is 6.08 Å². The number of carboxylic acids is 1. The van der Waals surface area contributed by atoms with Crippen molar-refractivity contribution >= 4 is 29.6 Å². The van der Waals surface area contributed by atoms with Crippen molar-refractivity contribution in [2.24, 2.45) is 7.05 Å². The molecule has 1 rings (SSSR count). The quantitative estimate of drug-likeness (QED) is 0.658. The Hall–Kier alpha value is -1.86. The molecule has 3 N–H and O–H groups in total. The van der Waals surface area contributed by atoms with Crippen LogP contribution < -0.4 is 5.32 Å². The molecular formula is C12H16ClN3O4. The summed E-state index contributed by atoms with van der Waals surface area (Å²) in [4.78, 5) is 21.9. The number of rotatable bonds is 6. The number of hydrogen-bond acceptors (Lipinski definition) is 4. The van der Waals surface area contributed by atoms with Gasteiger partial charge in [-0.3, -0.25) is 9.48 Å². The fourth-order valence-corrected chi connectivity index (χ4v) is 1.75. The second-order valence-electron chi connectivity index (χ2n) is 4.18. The van der Waals surface area contributed by atoms with Gasteiger partial charge in [-0.2, -0.15) is 5.10 Å². The van der Waals surface area contributed by atoms with Gasteiger partial charge in [0, 0.05) is 31.7 Å². The van der Waals surface area contributed by atoms with E-state index >= 15 is 0 Å². The Balaban J connectivity index is 2.50. The Morgan fingerprint density at radius 1 is 1.55 bits per heavy atom. The molecule has 0 aliphatic heterocycles. The smallest absolute Gasteiger partial charge is 0.332 e. The molecule has 0 aromatic carbocycles. The lowest BCUT2D eigenvalue weighted by atomic mass is 10.2. The number of aryl methyl sites for hydroxylation is 2. The highest BCUT2D eigenvalue weighted by molar-refractivity contribution is 6.31. The van der Waals surface area contributed by atoms with E-state index in [-0.39, 0.29) is 13.0 Å². The molecule has 0 aliphatic rings. The van der Waals surface area contributed by atoms with Crippen LogP contribution >= 0.6 is 11.6 Å². The van der Waals surface area contributed by atoms with E-state index < -0.39 is 18.0 Å². The van der Waals surface area contributed by atoms with Gasteiger partial charge in [0.15, 0.2) is 6.10 Å². The van der Waals surface area contributed by atoms with Gasteiger partial charge in [-0.15, -0.1) is 0 Å². The van der Waals surface area contributed by atoms with E-state index in [0.29, 0.717) is 16.4 Å². The number of carboxylic acid groups (broad SMARTS) is 1. The predicted molar refractivity (Wildman–Crippen MR) is 73.3 cm³/mol. The maximum absolute atomic E-state index is 11.5. The highest BCUT2D eigenvalue weighted by atomic mass is 35.5. The molecule has 0 spiro atoms. The second-order valence-corrected chi connectivity index (χ2v) is 4.54. The van der Waals surface area contributed by atoms with E-state index in [1.165, 1.54) is 16.8 Å². The number of carbonyl (C=O) groups is 2. The van der Waals surface area contributed by atoms with Gasteiger partial charge in [0.05, 0.1) is 5.69 Å². The molecule has 0 fully saturated rings. The lowest BCUT2D eigenvalue weighted by Gasteiger charge is -2.05. The largest absolute Gasteiger partial charge is 0.479 e. The van der Waals surface area contributed by atoms with E-state index in [1.54, 1.807) is 14.0 Å². The van der Waals surface area contributed by atoms with Crippen molar-refractivity contribution in [3.05, 3.63) is 22.5 Å². The first-order chi connectivity index (χ1) is 9.32. The van der Waals surface area contributed by atoms with Crippen molar-refractivity contribution in [1.82, 2.24) is 15.1 Å². The molecule has 7 nitrogen and oxygen atoms in total. The molecule has 0 bridgehead atoms. The van der Waals surface area contributed by atoms with Gasteiger partial charge in [-0.05, 0) is 13.0 Å². The molecule has 8 heteroatoms. The predicted octanol–water partition coefficient (Wildman–Crippen LogP) is 0.347. The zero-order chi connectivity index (χ0) is 15.3. The molecule has 1 aromatic heterocycles. The molecule has 1 heterocycles. The summed E-state index contributed by atoms with van der Waals surface area (Å²) in [5, 5.41) is 24.5. The topological polar surface area (TPSA) is 104 Å². The van der Waals surface area contributed by atoms with Crippen molar-refractivity contribution in [1.29, 1.82) is 0 Å². The average Bonchev–Trinajstić information content (AvgIpc) is 2.61. The Kier molecular flexibility index (Phi) is 5.72. The van der Waals surface area contributed by atoms with Crippen molar-refractivity contribution in [3.8, 4) is 0 Å². The highest BCUT2D eigenvalue weighted by Crippen LogP contribution is 2.19. The minimum Gasteiger partial charge on any atom is -0.479 e. The lowest BCUT2D eigenvalue weighted by molar-refractivity contribution is -0.147. The Labute approximate surface area is 120 Å². The van der Waals surface area contributed by atoms with E-state index in [1.807, 2.05) is 0 Å². The summed E-state index contributed by atoms with van der Waals surface area (Å²) in [7, 11) is 1.69. The molecule has 1 atom stereocenters. The lowest BCUT2D eigenvalue weighted by Crippen LogP contribution is -2.28. The Morgan fingerprint density at radius 3 is 2.70 bits per heavy atom. The zero-order valence-electron chi connectivity index (χ0n) is 11.1. The molecule has 0 aliphatic carbocycles. The third kappa shape index (κ3) is 4.36. The average molecular weight is 302 g/mol. The van der Waals surface area contributed by atoms with Crippen LogP contribution in [0, 0.1) is 6.92 Å². The van der Waals surface area contributed by atoms with Crippen molar-refractivity contribution in [2.45, 2.75) is 19.4 Å². The first-order valence-electron chi connectivity index (χ1n) is 5.88.